The van der Waals surface area contributed by atoms with E-state index in [1.54, 1.807) is 0 Å². The number of aliphatic carboxylic acids is 1. The van der Waals surface area contributed by atoms with Gasteiger partial charge in [-0.05, 0) is 19.3 Å². The van der Waals surface area contributed by atoms with Gasteiger partial charge in [0, 0.05) is 12.6 Å². The number of amides is 3. The van der Waals surface area contributed by atoms with Crippen LogP contribution in [0, 0.1) is 0 Å². The highest BCUT2D eigenvalue weighted by Crippen LogP contribution is 2.12. The van der Waals surface area contributed by atoms with Crippen LogP contribution in [0.4, 0.5) is 4.79 Å². The van der Waals surface area contributed by atoms with Gasteiger partial charge in [0.25, 0.3) is 0 Å². The lowest BCUT2D eigenvalue weighted by molar-refractivity contribution is -0.144. The molecule has 7 heteroatoms. The van der Waals surface area contributed by atoms with Gasteiger partial charge in [-0.15, -0.1) is 0 Å². The Kier molecular flexibility index (Phi) is 4.03. The maximum absolute atomic E-state index is 12.1. The molecule has 2 atom stereocenters. The molecular weight excluding hydrogens is 250 g/mol. The van der Waals surface area contributed by atoms with E-state index < -0.39 is 18.0 Å². The molecule has 104 valence electrons. The van der Waals surface area contributed by atoms with E-state index in [9.17, 15) is 14.4 Å². The van der Waals surface area contributed by atoms with Crippen molar-refractivity contribution in [3.63, 3.8) is 0 Å². The van der Waals surface area contributed by atoms with Crippen molar-refractivity contribution in [1.82, 2.24) is 15.5 Å². The maximum atomic E-state index is 12.1. The van der Waals surface area contributed by atoms with E-state index in [0.29, 0.717) is 0 Å². The van der Waals surface area contributed by atoms with E-state index in [0.717, 1.165) is 24.2 Å². The molecule has 1 aliphatic heterocycles. The van der Waals surface area contributed by atoms with Gasteiger partial charge in [0.2, 0.25) is 5.91 Å². The highest BCUT2D eigenvalue weighted by molar-refractivity contribution is 5.90. The van der Waals surface area contributed by atoms with Gasteiger partial charge in [0.15, 0.2) is 0 Å². The van der Waals surface area contributed by atoms with Crippen molar-refractivity contribution in [3.8, 4) is 0 Å². The summed E-state index contributed by atoms with van der Waals surface area (Å²) in [6.07, 6.45) is 6.51. The van der Waals surface area contributed by atoms with Gasteiger partial charge < -0.3 is 15.7 Å². The number of hydrogen-bond acceptors (Lipinski definition) is 3. The molecular formula is C12H17N3O4. The standard InChI is InChI=1S/C12H17N3O4/c16-10-7-15(9(6-13-10)11(17)18)12(19)14-8-4-2-1-3-5-8/h1-2,8-9H,3-7H2,(H,13,16)(H,14,19)(H,17,18). The zero-order valence-corrected chi connectivity index (χ0v) is 10.5. The SMILES string of the molecule is O=C1CN(C(=O)NC2CC=CCC2)C(C(=O)O)CN1. The second-order valence-electron chi connectivity index (χ2n) is 4.72. The Labute approximate surface area is 110 Å². The van der Waals surface area contributed by atoms with Crippen LogP contribution in [-0.4, -0.2) is 53.1 Å². The predicted molar refractivity (Wildman–Crippen MR) is 66.5 cm³/mol. The minimum absolute atomic E-state index is 0.0110. The van der Waals surface area contributed by atoms with Crippen molar-refractivity contribution in [2.75, 3.05) is 13.1 Å². The second-order valence-corrected chi connectivity index (χ2v) is 4.72. The van der Waals surface area contributed by atoms with Crippen molar-refractivity contribution >= 4 is 17.9 Å². The molecule has 1 heterocycles. The van der Waals surface area contributed by atoms with Crippen LogP contribution in [0.15, 0.2) is 12.2 Å². The largest absolute Gasteiger partial charge is 0.480 e. The monoisotopic (exact) mass is 267 g/mol. The lowest BCUT2D eigenvalue weighted by Gasteiger charge is -2.34. The van der Waals surface area contributed by atoms with Gasteiger partial charge in [-0.1, -0.05) is 12.2 Å². The molecule has 0 aromatic heterocycles. The first-order chi connectivity index (χ1) is 9.08. The van der Waals surface area contributed by atoms with E-state index >= 15 is 0 Å². The van der Waals surface area contributed by atoms with Crippen molar-refractivity contribution in [2.45, 2.75) is 31.3 Å². The topological polar surface area (TPSA) is 98.7 Å². The fraction of sp³-hybridized carbons (Fsp3) is 0.583. The summed E-state index contributed by atoms with van der Waals surface area (Å²) in [5.41, 5.74) is 0. The molecule has 3 amide bonds. The summed E-state index contributed by atoms with van der Waals surface area (Å²) in [6, 6.07) is -1.48. The number of piperazine rings is 1. The smallest absolute Gasteiger partial charge is 0.328 e. The lowest BCUT2D eigenvalue weighted by Crippen LogP contribution is -2.62. The first kappa shape index (κ1) is 13.4. The number of nitrogens with zero attached hydrogens (tertiary/aromatic N) is 1. The summed E-state index contributed by atoms with van der Waals surface area (Å²) in [5.74, 6) is -1.45. The number of nitrogens with one attached hydrogen (secondary N) is 2. The van der Waals surface area contributed by atoms with Crippen molar-refractivity contribution in [1.29, 1.82) is 0 Å². The molecule has 0 aromatic carbocycles. The summed E-state index contributed by atoms with van der Waals surface area (Å²) in [6.45, 7) is -0.266. The molecule has 1 fully saturated rings. The van der Waals surface area contributed by atoms with Crippen LogP contribution in [0.2, 0.25) is 0 Å². The Morgan fingerprint density at radius 1 is 1.42 bits per heavy atom. The van der Waals surface area contributed by atoms with E-state index in [-0.39, 0.29) is 25.0 Å². The first-order valence-electron chi connectivity index (χ1n) is 6.29. The quantitative estimate of drug-likeness (QED) is 0.598. The van der Waals surface area contributed by atoms with Crippen molar-refractivity contribution in [3.05, 3.63) is 12.2 Å². The molecule has 0 aromatic rings. The molecule has 7 nitrogen and oxygen atoms in total. The van der Waals surface area contributed by atoms with Crippen LogP contribution in [0.25, 0.3) is 0 Å². The molecule has 0 bridgehead atoms. The Morgan fingerprint density at radius 3 is 2.84 bits per heavy atom. The second kappa shape index (κ2) is 5.73. The molecule has 19 heavy (non-hydrogen) atoms. The Bertz CT molecular complexity index is 421. The minimum atomic E-state index is -1.11. The number of urea groups is 1. The van der Waals surface area contributed by atoms with Crippen molar-refractivity contribution < 1.29 is 19.5 Å². The van der Waals surface area contributed by atoms with E-state index in [4.69, 9.17) is 5.11 Å². The van der Waals surface area contributed by atoms with Gasteiger partial charge in [0.05, 0.1) is 0 Å². The van der Waals surface area contributed by atoms with E-state index in [2.05, 4.69) is 16.7 Å². The van der Waals surface area contributed by atoms with Crippen LogP contribution < -0.4 is 10.6 Å². The summed E-state index contributed by atoms with van der Waals surface area (Å²) >= 11 is 0. The normalized spacial score (nSPS) is 26.7. The average Bonchev–Trinajstić information content (AvgIpc) is 2.39. The van der Waals surface area contributed by atoms with Gasteiger partial charge in [-0.3, -0.25) is 9.69 Å². The minimum Gasteiger partial charge on any atom is -0.480 e. The lowest BCUT2D eigenvalue weighted by atomic mass is 10.0. The fourth-order valence-corrected chi connectivity index (χ4v) is 2.26. The Balaban J connectivity index is 1.99. The third kappa shape index (κ3) is 3.24. The Morgan fingerprint density at radius 2 is 2.21 bits per heavy atom. The van der Waals surface area contributed by atoms with Crippen LogP contribution in [-0.2, 0) is 9.59 Å². The van der Waals surface area contributed by atoms with Crippen molar-refractivity contribution in [2.24, 2.45) is 0 Å². The average molecular weight is 267 g/mol. The highest BCUT2D eigenvalue weighted by atomic mass is 16.4. The molecule has 3 N–H and O–H groups in total. The first-order valence-corrected chi connectivity index (χ1v) is 6.29. The highest BCUT2D eigenvalue weighted by Gasteiger charge is 2.35. The third-order valence-electron chi connectivity index (χ3n) is 3.33. The van der Waals surface area contributed by atoms with Gasteiger partial charge in [0.1, 0.15) is 12.6 Å². The van der Waals surface area contributed by atoms with Crippen LogP contribution in [0.1, 0.15) is 19.3 Å². The molecule has 2 aliphatic rings. The summed E-state index contributed by atoms with van der Waals surface area (Å²) in [5, 5.41) is 14.3. The molecule has 2 rings (SSSR count). The zero-order chi connectivity index (χ0) is 13.8. The molecule has 0 saturated carbocycles. The fourth-order valence-electron chi connectivity index (χ4n) is 2.26. The predicted octanol–water partition coefficient (Wildman–Crippen LogP) is -0.310. The van der Waals surface area contributed by atoms with Gasteiger partial charge in [-0.2, -0.15) is 0 Å². The summed E-state index contributed by atoms with van der Waals surface area (Å²) < 4.78 is 0. The molecule has 0 radical (unpaired) electrons. The Hall–Kier alpha value is -2.05. The number of rotatable bonds is 2. The van der Waals surface area contributed by atoms with Crippen LogP contribution in [0.5, 0.6) is 0 Å². The van der Waals surface area contributed by atoms with Crippen LogP contribution >= 0.6 is 0 Å². The maximum Gasteiger partial charge on any atom is 0.328 e. The third-order valence-corrected chi connectivity index (χ3v) is 3.33. The molecule has 2 unspecified atom stereocenters. The number of hydrogen-bond donors (Lipinski definition) is 3. The van der Waals surface area contributed by atoms with E-state index in [1.807, 2.05) is 6.08 Å². The summed E-state index contributed by atoms with van der Waals surface area (Å²) in [4.78, 5) is 35.5. The number of carbonyl (C=O) groups excluding carboxylic acids is 2. The zero-order valence-electron chi connectivity index (χ0n) is 10.5. The number of carbonyl (C=O) groups is 3. The van der Waals surface area contributed by atoms with Gasteiger partial charge >= 0.3 is 12.0 Å². The molecule has 1 aliphatic carbocycles. The number of carboxylic acid groups (broad SMARTS) is 1. The molecule has 1 saturated heterocycles. The van der Waals surface area contributed by atoms with Crippen LogP contribution in [0.3, 0.4) is 0 Å². The van der Waals surface area contributed by atoms with Gasteiger partial charge in [-0.25, -0.2) is 9.59 Å². The van der Waals surface area contributed by atoms with E-state index in [1.165, 1.54) is 0 Å². The number of carboxylic acids is 1. The number of allylic oxidation sites excluding steroid dienone is 1. The summed E-state index contributed by atoms with van der Waals surface area (Å²) in [7, 11) is 0. The molecule has 0 spiro atoms.